The lowest BCUT2D eigenvalue weighted by Crippen LogP contribution is -2.49. The minimum absolute atomic E-state index is 0.00584. The molecule has 0 aromatic carbocycles. The second kappa shape index (κ2) is 6.49. The van der Waals surface area contributed by atoms with Crippen LogP contribution in [0.5, 0.6) is 0 Å². The largest absolute Gasteiger partial charge is 0.394 e. The smallest absolute Gasteiger partial charge is 0.221 e. The molecule has 106 valence electrons. The molecule has 2 atom stereocenters. The zero-order valence-electron chi connectivity index (χ0n) is 10.8. The fourth-order valence-electron chi connectivity index (χ4n) is 1.91. The van der Waals surface area contributed by atoms with Gasteiger partial charge in [0.05, 0.1) is 24.2 Å². The third-order valence-electron chi connectivity index (χ3n) is 3.08. The molecule has 1 unspecified atom stereocenters. The summed E-state index contributed by atoms with van der Waals surface area (Å²) in [5.41, 5.74) is 0. The van der Waals surface area contributed by atoms with Crippen LogP contribution in [0.2, 0.25) is 0 Å². The van der Waals surface area contributed by atoms with Crippen LogP contribution in [0.3, 0.4) is 0 Å². The number of sulfone groups is 1. The predicted octanol–water partition coefficient (Wildman–Crippen LogP) is -1.10. The maximum Gasteiger partial charge on any atom is 0.221 e. The number of carbonyl (C=O) groups excluding carboxylic acids is 1. The van der Waals surface area contributed by atoms with Gasteiger partial charge >= 0.3 is 0 Å². The van der Waals surface area contributed by atoms with Crippen molar-refractivity contribution in [3.63, 3.8) is 0 Å². The van der Waals surface area contributed by atoms with E-state index in [4.69, 9.17) is 5.11 Å². The molecule has 1 aliphatic heterocycles. The molecular formula is C11H22N2O4S. The van der Waals surface area contributed by atoms with Crippen molar-refractivity contribution in [2.24, 2.45) is 5.92 Å². The van der Waals surface area contributed by atoms with Crippen molar-refractivity contribution < 1.29 is 18.3 Å². The lowest BCUT2D eigenvalue weighted by molar-refractivity contribution is -0.122. The van der Waals surface area contributed by atoms with Gasteiger partial charge in [-0.25, -0.2) is 8.42 Å². The van der Waals surface area contributed by atoms with Gasteiger partial charge < -0.3 is 15.7 Å². The topological polar surface area (TPSA) is 95.5 Å². The fourth-order valence-corrected chi connectivity index (χ4v) is 3.36. The Morgan fingerprint density at radius 3 is 2.67 bits per heavy atom. The molecule has 0 saturated carbocycles. The summed E-state index contributed by atoms with van der Waals surface area (Å²) >= 11 is 0. The van der Waals surface area contributed by atoms with Gasteiger partial charge in [0, 0.05) is 19.0 Å². The Balaban J connectivity index is 2.45. The van der Waals surface area contributed by atoms with Crippen molar-refractivity contribution in [2.75, 3.05) is 24.7 Å². The first-order chi connectivity index (χ1) is 8.34. The molecule has 1 fully saturated rings. The predicted molar refractivity (Wildman–Crippen MR) is 68.9 cm³/mol. The van der Waals surface area contributed by atoms with Gasteiger partial charge in [-0.1, -0.05) is 13.8 Å². The fraction of sp³-hybridized carbons (Fsp3) is 0.909. The minimum Gasteiger partial charge on any atom is -0.394 e. The van der Waals surface area contributed by atoms with Crippen LogP contribution in [-0.4, -0.2) is 56.2 Å². The van der Waals surface area contributed by atoms with E-state index in [1.165, 1.54) is 0 Å². The number of aliphatic hydroxyl groups excluding tert-OH is 1. The average Bonchev–Trinajstić information content (AvgIpc) is 2.23. The standard InChI is InChI=1S/C11H22N2O4S/c1-8(2)10(6-14)13-11(15)5-9-7-18(16,17)4-3-12-9/h8-10,12,14H,3-7H2,1-2H3,(H,13,15)/t9?,10-/m1/s1. The summed E-state index contributed by atoms with van der Waals surface area (Å²) < 4.78 is 22.8. The first-order valence-electron chi connectivity index (χ1n) is 6.18. The van der Waals surface area contributed by atoms with Gasteiger partial charge in [-0.2, -0.15) is 0 Å². The first kappa shape index (κ1) is 15.4. The molecule has 0 aromatic rings. The highest BCUT2D eigenvalue weighted by atomic mass is 32.2. The molecule has 0 bridgehead atoms. The van der Waals surface area contributed by atoms with Crippen LogP contribution >= 0.6 is 0 Å². The Bertz CT molecular complexity index is 381. The molecule has 6 nitrogen and oxygen atoms in total. The quantitative estimate of drug-likeness (QED) is 0.593. The van der Waals surface area contributed by atoms with Crippen LogP contribution in [0, 0.1) is 5.92 Å². The highest BCUT2D eigenvalue weighted by molar-refractivity contribution is 7.91. The molecule has 7 heteroatoms. The van der Waals surface area contributed by atoms with Crippen LogP contribution in [0.15, 0.2) is 0 Å². The highest BCUT2D eigenvalue weighted by Crippen LogP contribution is 2.06. The summed E-state index contributed by atoms with van der Waals surface area (Å²) in [7, 11) is -3.02. The number of rotatable bonds is 5. The lowest BCUT2D eigenvalue weighted by atomic mass is 10.0. The van der Waals surface area contributed by atoms with E-state index in [1.54, 1.807) is 0 Å². The van der Waals surface area contributed by atoms with E-state index in [0.717, 1.165) is 0 Å². The van der Waals surface area contributed by atoms with Crippen LogP contribution in [0.25, 0.3) is 0 Å². The normalized spacial score (nSPS) is 24.8. The molecule has 0 aliphatic carbocycles. The van der Waals surface area contributed by atoms with Crippen molar-refractivity contribution in [3.8, 4) is 0 Å². The number of nitrogens with one attached hydrogen (secondary N) is 2. The average molecular weight is 278 g/mol. The second-order valence-corrected chi connectivity index (χ2v) is 7.30. The third-order valence-corrected chi connectivity index (χ3v) is 4.82. The van der Waals surface area contributed by atoms with Crippen molar-refractivity contribution in [1.29, 1.82) is 0 Å². The van der Waals surface area contributed by atoms with Gasteiger partial charge in [0.1, 0.15) is 0 Å². The summed E-state index contributed by atoms with van der Waals surface area (Å²) in [5.74, 6) is 0.0572. The number of hydrogen-bond donors (Lipinski definition) is 3. The Hall–Kier alpha value is -0.660. The maximum atomic E-state index is 11.7. The van der Waals surface area contributed by atoms with Gasteiger partial charge in [0.25, 0.3) is 0 Å². The monoisotopic (exact) mass is 278 g/mol. The van der Waals surface area contributed by atoms with Gasteiger partial charge in [-0.15, -0.1) is 0 Å². The van der Waals surface area contributed by atoms with Gasteiger partial charge in [0.2, 0.25) is 5.91 Å². The van der Waals surface area contributed by atoms with Crippen LogP contribution in [0.4, 0.5) is 0 Å². The van der Waals surface area contributed by atoms with E-state index in [9.17, 15) is 13.2 Å². The SMILES string of the molecule is CC(C)[C@@H](CO)NC(=O)CC1CS(=O)(=O)CCN1. The molecule has 1 rings (SSSR count). The van der Waals surface area contributed by atoms with Gasteiger partial charge in [-0.05, 0) is 5.92 Å². The first-order valence-corrected chi connectivity index (χ1v) is 8.00. The molecule has 0 spiro atoms. The Labute approximate surface area is 108 Å². The molecule has 1 saturated heterocycles. The van der Waals surface area contributed by atoms with E-state index >= 15 is 0 Å². The van der Waals surface area contributed by atoms with Gasteiger partial charge in [-0.3, -0.25) is 4.79 Å². The Morgan fingerprint density at radius 1 is 1.50 bits per heavy atom. The van der Waals surface area contributed by atoms with Crippen molar-refractivity contribution in [1.82, 2.24) is 10.6 Å². The molecule has 3 N–H and O–H groups in total. The summed E-state index contributed by atoms with van der Waals surface area (Å²) in [6.07, 6.45) is 0.127. The van der Waals surface area contributed by atoms with E-state index in [-0.39, 0.29) is 48.4 Å². The van der Waals surface area contributed by atoms with Gasteiger partial charge in [0.15, 0.2) is 9.84 Å². The van der Waals surface area contributed by atoms with E-state index < -0.39 is 9.84 Å². The highest BCUT2D eigenvalue weighted by Gasteiger charge is 2.26. The second-order valence-electron chi connectivity index (χ2n) is 5.07. The third kappa shape index (κ3) is 4.91. The molecule has 1 aliphatic rings. The minimum atomic E-state index is -3.02. The number of amides is 1. The Morgan fingerprint density at radius 2 is 2.17 bits per heavy atom. The molecule has 0 radical (unpaired) electrons. The maximum absolute atomic E-state index is 11.7. The Kier molecular flexibility index (Phi) is 5.55. The molecule has 18 heavy (non-hydrogen) atoms. The molecule has 0 aromatic heterocycles. The molecule has 1 amide bonds. The van der Waals surface area contributed by atoms with E-state index in [2.05, 4.69) is 10.6 Å². The van der Waals surface area contributed by atoms with Crippen LogP contribution < -0.4 is 10.6 Å². The van der Waals surface area contributed by atoms with E-state index in [1.807, 2.05) is 13.8 Å². The lowest BCUT2D eigenvalue weighted by Gasteiger charge is -2.25. The molecule has 1 heterocycles. The summed E-state index contributed by atoms with van der Waals surface area (Å²) in [5, 5.41) is 14.8. The van der Waals surface area contributed by atoms with E-state index in [0.29, 0.717) is 6.54 Å². The zero-order chi connectivity index (χ0) is 13.8. The number of hydrogen-bond acceptors (Lipinski definition) is 5. The summed E-state index contributed by atoms with van der Waals surface area (Å²) in [6.45, 7) is 4.10. The summed E-state index contributed by atoms with van der Waals surface area (Å²) in [4.78, 5) is 11.7. The van der Waals surface area contributed by atoms with Crippen LogP contribution in [0.1, 0.15) is 20.3 Å². The summed E-state index contributed by atoms with van der Waals surface area (Å²) in [6, 6.07) is -0.604. The number of aliphatic hydroxyl groups is 1. The van der Waals surface area contributed by atoms with Crippen molar-refractivity contribution >= 4 is 15.7 Å². The van der Waals surface area contributed by atoms with Crippen molar-refractivity contribution in [2.45, 2.75) is 32.4 Å². The van der Waals surface area contributed by atoms with Crippen LogP contribution in [-0.2, 0) is 14.6 Å². The number of carbonyl (C=O) groups is 1. The molecular weight excluding hydrogens is 256 g/mol. The zero-order valence-corrected chi connectivity index (χ0v) is 11.7. The van der Waals surface area contributed by atoms with Crippen molar-refractivity contribution in [3.05, 3.63) is 0 Å².